The molecule has 5 nitrogen and oxygen atoms in total. The van der Waals surface area contributed by atoms with Gasteiger partial charge in [-0.05, 0) is 49.9 Å². The standard InChI is InChI=1S/C19H31NO4/c1-13-3-2-4-14(11-13)12-17(21)20-8-5-15(6-9-20)18-16(19(22)23)7-10-24-18/h13-16,18H,2-12H2,1H3,(H,22,23)/t13?,14?,16?,18-/m0/s1. The summed E-state index contributed by atoms with van der Waals surface area (Å²) in [5.74, 6) is 0.814. The Morgan fingerprint density at radius 3 is 2.54 bits per heavy atom. The number of likely N-dealkylation sites (tertiary alicyclic amines) is 1. The Morgan fingerprint density at radius 2 is 1.88 bits per heavy atom. The summed E-state index contributed by atoms with van der Waals surface area (Å²) in [4.78, 5) is 25.9. The Kier molecular flexibility index (Phi) is 5.80. The molecule has 3 fully saturated rings. The molecular formula is C19H31NO4. The molecule has 24 heavy (non-hydrogen) atoms. The van der Waals surface area contributed by atoms with E-state index in [1.807, 2.05) is 4.90 Å². The molecule has 2 aliphatic heterocycles. The molecular weight excluding hydrogens is 306 g/mol. The molecule has 136 valence electrons. The van der Waals surface area contributed by atoms with Gasteiger partial charge in [-0.25, -0.2) is 0 Å². The molecule has 0 radical (unpaired) electrons. The summed E-state index contributed by atoms with van der Waals surface area (Å²) >= 11 is 0. The highest BCUT2D eigenvalue weighted by molar-refractivity contribution is 5.76. The van der Waals surface area contributed by atoms with Crippen LogP contribution < -0.4 is 0 Å². The van der Waals surface area contributed by atoms with Crippen LogP contribution in [-0.4, -0.2) is 47.7 Å². The molecule has 1 saturated carbocycles. The van der Waals surface area contributed by atoms with Crippen LogP contribution in [-0.2, 0) is 14.3 Å². The summed E-state index contributed by atoms with van der Waals surface area (Å²) in [6.45, 7) is 4.37. The van der Waals surface area contributed by atoms with Gasteiger partial charge >= 0.3 is 5.97 Å². The average Bonchev–Trinajstić information content (AvgIpc) is 3.05. The maximum absolute atomic E-state index is 12.6. The van der Waals surface area contributed by atoms with Crippen molar-refractivity contribution >= 4 is 11.9 Å². The Morgan fingerprint density at radius 1 is 1.12 bits per heavy atom. The van der Waals surface area contributed by atoms with E-state index in [1.165, 1.54) is 25.7 Å². The van der Waals surface area contributed by atoms with Crippen LogP contribution in [0.3, 0.4) is 0 Å². The lowest BCUT2D eigenvalue weighted by molar-refractivity contribution is -0.146. The molecule has 1 aliphatic carbocycles. The predicted octanol–water partition coefficient (Wildman–Crippen LogP) is 2.93. The number of carbonyl (C=O) groups is 2. The molecule has 3 unspecified atom stereocenters. The van der Waals surface area contributed by atoms with Crippen LogP contribution in [0, 0.1) is 23.7 Å². The lowest BCUT2D eigenvalue weighted by Crippen LogP contribution is -2.43. The number of carboxylic acids is 1. The number of aliphatic carboxylic acids is 1. The first-order valence-corrected chi connectivity index (χ1v) is 9.66. The number of amides is 1. The smallest absolute Gasteiger partial charge is 0.309 e. The van der Waals surface area contributed by atoms with Crippen LogP contribution in [0.2, 0.25) is 0 Å². The number of ether oxygens (including phenoxy) is 1. The van der Waals surface area contributed by atoms with Gasteiger partial charge in [0.25, 0.3) is 0 Å². The normalized spacial score (nSPS) is 35.1. The van der Waals surface area contributed by atoms with Gasteiger partial charge in [0.1, 0.15) is 0 Å². The van der Waals surface area contributed by atoms with Crippen molar-refractivity contribution in [2.24, 2.45) is 23.7 Å². The van der Waals surface area contributed by atoms with Gasteiger partial charge in [0.05, 0.1) is 12.0 Å². The van der Waals surface area contributed by atoms with Crippen LogP contribution >= 0.6 is 0 Å². The molecule has 0 aromatic carbocycles. The fourth-order valence-corrected chi connectivity index (χ4v) is 4.94. The molecule has 3 rings (SSSR count). The van der Waals surface area contributed by atoms with Gasteiger partial charge in [-0.2, -0.15) is 0 Å². The van der Waals surface area contributed by atoms with Crippen LogP contribution in [0.4, 0.5) is 0 Å². The van der Waals surface area contributed by atoms with E-state index in [0.29, 0.717) is 31.3 Å². The highest BCUT2D eigenvalue weighted by atomic mass is 16.5. The quantitative estimate of drug-likeness (QED) is 0.856. The first-order valence-electron chi connectivity index (χ1n) is 9.66. The molecule has 0 spiro atoms. The van der Waals surface area contributed by atoms with Gasteiger partial charge in [0.2, 0.25) is 5.91 Å². The molecule has 5 heteroatoms. The van der Waals surface area contributed by atoms with Gasteiger partial charge in [-0.1, -0.05) is 19.8 Å². The molecule has 2 heterocycles. The number of nitrogens with zero attached hydrogens (tertiary/aromatic N) is 1. The van der Waals surface area contributed by atoms with E-state index >= 15 is 0 Å². The van der Waals surface area contributed by atoms with Crippen LogP contribution in [0.5, 0.6) is 0 Å². The van der Waals surface area contributed by atoms with E-state index < -0.39 is 5.97 Å². The SMILES string of the molecule is CC1CCCC(CC(=O)N2CCC([C@@H]3OCCC3C(=O)O)CC2)C1. The Hall–Kier alpha value is -1.10. The first-order chi connectivity index (χ1) is 11.5. The van der Waals surface area contributed by atoms with Crippen molar-refractivity contribution in [2.45, 2.75) is 64.4 Å². The van der Waals surface area contributed by atoms with Crippen LogP contribution in [0.25, 0.3) is 0 Å². The Bertz CT molecular complexity index is 458. The second kappa shape index (κ2) is 7.85. The minimum atomic E-state index is -0.734. The number of hydrogen-bond donors (Lipinski definition) is 1. The number of carbonyl (C=O) groups excluding carboxylic acids is 1. The van der Waals surface area contributed by atoms with E-state index in [0.717, 1.165) is 31.8 Å². The number of rotatable bonds is 4. The summed E-state index contributed by atoms with van der Waals surface area (Å²) in [5, 5.41) is 9.31. The predicted molar refractivity (Wildman–Crippen MR) is 90.5 cm³/mol. The zero-order valence-corrected chi connectivity index (χ0v) is 14.8. The molecule has 0 bridgehead atoms. The van der Waals surface area contributed by atoms with Crippen LogP contribution in [0.1, 0.15) is 58.3 Å². The monoisotopic (exact) mass is 337 g/mol. The van der Waals surface area contributed by atoms with Gasteiger partial charge in [-0.15, -0.1) is 0 Å². The lowest BCUT2D eigenvalue weighted by Gasteiger charge is -2.36. The summed E-state index contributed by atoms with van der Waals surface area (Å²) in [6, 6.07) is 0. The number of carboxylic acid groups (broad SMARTS) is 1. The number of piperidine rings is 1. The fraction of sp³-hybridized carbons (Fsp3) is 0.895. The van der Waals surface area contributed by atoms with Crippen molar-refractivity contribution in [3.05, 3.63) is 0 Å². The van der Waals surface area contributed by atoms with Crippen molar-refractivity contribution < 1.29 is 19.4 Å². The van der Waals surface area contributed by atoms with E-state index in [4.69, 9.17) is 4.74 Å². The minimum Gasteiger partial charge on any atom is -0.481 e. The zero-order valence-electron chi connectivity index (χ0n) is 14.8. The average molecular weight is 337 g/mol. The van der Waals surface area contributed by atoms with E-state index in [9.17, 15) is 14.7 Å². The third-order valence-electron chi connectivity index (χ3n) is 6.32. The highest BCUT2D eigenvalue weighted by Gasteiger charge is 2.40. The van der Waals surface area contributed by atoms with Crippen molar-refractivity contribution in [1.29, 1.82) is 0 Å². The van der Waals surface area contributed by atoms with Gasteiger partial charge < -0.3 is 14.7 Å². The third-order valence-corrected chi connectivity index (χ3v) is 6.32. The zero-order chi connectivity index (χ0) is 17.1. The van der Waals surface area contributed by atoms with Crippen molar-refractivity contribution in [2.75, 3.05) is 19.7 Å². The third kappa shape index (κ3) is 4.11. The van der Waals surface area contributed by atoms with Crippen LogP contribution in [0.15, 0.2) is 0 Å². The molecule has 2 saturated heterocycles. The van der Waals surface area contributed by atoms with E-state index in [-0.39, 0.29) is 17.9 Å². The fourth-order valence-electron chi connectivity index (χ4n) is 4.94. The van der Waals surface area contributed by atoms with Crippen molar-refractivity contribution in [1.82, 2.24) is 4.90 Å². The maximum atomic E-state index is 12.6. The van der Waals surface area contributed by atoms with Gasteiger partial charge in [0, 0.05) is 26.1 Å². The molecule has 0 aromatic heterocycles. The Balaban J connectivity index is 1.46. The maximum Gasteiger partial charge on any atom is 0.309 e. The summed E-state index contributed by atoms with van der Waals surface area (Å²) in [6.07, 6.45) is 7.88. The molecule has 0 aromatic rings. The summed E-state index contributed by atoms with van der Waals surface area (Å²) in [7, 11) is 0. The first kappa shape index (κ1) is 17.7. The van der Waals surface area contributed by atoms with Crippen molar-refractivity contribution in [3.8, 4) is 0 Å². The molecule has 4 atom stereocenters. The minimum absolute atomic E-state index is 0.154. The topological polar surface area (TPSA) is 66.8 Å². The second-order valence-electron chi connectivity index (χ2n) is 8.13. The largest absolute Gasteiger partial charge is 0.481 e. The van der Waals surface area contributed by atoms with Gasteiger partial charge in [0.15, 0.2) is 0 Å². The van der Waals surface area contributed by atoms with E-state index in [1.54, 1.807) is 0 Å². The Labute approximate surface area is 144 Å². The van der Waals surface area contributed by atoms with E-state index in [2.05, 4.69) is 6.92 Å². The molecule has 1 N–H and O–H groups in total. The summed E-state index contributed by atoms with van der Waals surface area (Å²) < 4.78 is 5.71. The molecule has 3 aliphatic rings. The highest BCUT2D eigenvalue weighted by Crippen LogP contribution is 2.34. The second-order valence-corrected chi connectivity index (χ2v) is 8.13. The van der Waals surface area contributed by atoms with Crippen molar-refractivity contribution in [3.63, 3.8) is 0 Å². The molecule has 1 amide bonds. The number of hydrogen-bond acceptors (Lipinski definition) is 3. The van der Waals surface area contributed by atoms with Gasteiger partial charge in [-0.3, -0.25) is 9.59 Å². The summed E-state index contributed by atoms with van der Waals surface area (Å²) in [5.41, 5.74) is 0. The lowest BCUT2D eigenvalue weighted by atomic mass is 9.80.